The van der Waals surface area contributed by atoms with Crippen molar-refractivity contribution in [2.45, 2.75) is 38.8 Å². The SMILES string of the molecule is CCCc1nc(C2Cc3nc[nH]c3CN2)n(C)n1. The van der Waals surface area contributed by atoms with Gasteiger partial charge in [-0.1, -0.05) is 6.92 Å². The minimum absolute atomic E-state index is 0.212. The zero-order valence-electron chi connectivity index (χ0n) is 10.8. The molecule has 0 radical (unpaired) electrons. The van der Waals surface area contributed by atoms with Crippen molar-refractivity contribution in [3.8, 4) is 0 Å². The number of aromatic amines is 1. The van der Waals surface area contributed by atoms with Gasteiger partial charge in [-0.3, -0.25) is 4.68 Å². The van der Waals surface area contributed by atoms with Gasteiger partial charge in [-0.05, 0) is 6.42 Å². The van der Waals surface area contributed by atoms with E-state index in [1.807, 2.05) is 11.7 Å². The highest BCUT2D eigenvalue weighted by atomic mass is 15.3. The van der Waals surface area contributed by atoms with Gasteiger partial charge < -0.3 is 10.3 Å². The van der Waals surface area contributed by atoms with Crippen molar-refractivity contribution < 1.29 is 0 Å². The number of nitrogens with zero attached hydrogens (tertiary/aromatic N) is 4. The number of aryl methyl sites for hydroxylation is 2. The maximum atomic E-state index is 4.63. The van der Waals surface area contributed by atoms with Crippen LogP contribution in [0.5, 0.6) is 0 Å². The summed E-state index contributed by atoms with van der Waals surface area (Å²) in [6, 6.07) is 0.212. The number of hydrogen-bond donors (Lipinski definition) is 2. The number of imidazole rings is 1. The van der Waals surface area contributed by atoms with E-state index in [2.05, 4.69) is 32.3 Å². The van der Waals surface area contributed by atoms with E-state index >= 15 is 0 Å². The molecule has 96 valence electrons. The Morgan fingerprint density at radius 3 is 3.22 bits per heavy atom. The van der Waals surface area contributed by atoms with E-state index in [0.29, 0.717) is 0 Å². The van der Waals surface area contributed by atoms with Gasteiger partial charge in [0.05, 0.1) is 23.8 Å². The van der Waals surface area contributed by atoms with Gasteiger partial charge >= 0.3 is 0 Å². The molecule has 0 aliphatic carbocycles. The molecule has 18 heavy (non-hydrogen) atoms. The molecular weight excluding hydrogens is 228 g/mol. The number of hydrogen-bond acceptors (Lipinski definition) is 4. The summed E-state index contributed by atoms with van der Waals surface area (Å²) in [5.41, 5.74) is 2.32. The number of nitrogens with one attached hydrogen (secondary N) is 2. The molecule has 1 atom stereocenters. The van der Waals surface area contributed by atoms with Gasteiger partial charge in [-0.2, -0.15) is 5.10 Å². The summed E-state index contributed by atoms with van der Waals surface area (Å²) in [4.78, 5) is 12.1. The number of H-pyrrole nitrogens is 1. The van der Waals surface area contributed by atoms with E-state index in [0.717, 1.165) is 43.1 Å². The van der Waals surface area contributed by atoms with E-state index in [1.54, 1.807) is 6.33 Å². The molecule has 3 rings (SSSR count). The summed E-state index contributed by atoms with van der Waals surface area (Å²) in [5, 5.41) is 7.94. The topological polar surface area (TPSA) is 71.4 Å². The highest BCUT2D eigenvalue weighted by Crippen LogP contribution is 2.22. The second kappa shape index (κ2) is 4.53. The second-order valence-electron chi connectivity index (χ2n) is 4.73. The molecule has 0 amide bonds. The predicted molar refractivity (Wildman–Crippen MR) is 66.9 cm³/mol. The Balaban J connectivity index is 1.84. The molecule has 6 nitrogen and oxygen atoms in total. The summed E-state index contributed by atoms with van der Waals surface area (Å²) in [5.74, 6) is 1.94. The Hall–Kier alpha value is -1.69. The smallest absolute Gasteiger partial charge is 0.151 e. The molecule has 1 unspecified atom stereocenters. The molecule has 0 spiro atoms. The highest BCUT2D eigenvalue weighted by Gasteiger charge is 2.25. The van der Waals surface area contributed by atoms with Crippen LogP contribution >= 0.6 is 0 Å². The van der Waals surface area contributed by atoms with Crippen LogP contribution in [0.1, 0.15) is 42.4 Å². The van der Waals surface area contributed by atoms with Crippen LogP contribution in [0.3, 0.4) is 0 Å². The lowest BCUT2D eigenvalue weighted by atomic mass is 10.1. The Bertz CT molecular complexity index is 541. The molecule has 1 aliphatic heterocycles. The van der Waals surface area contributed by atoms with Gasteiger partial charge in [0.25, 0.3) is 0 Å². The summed E-state index contributed by atoms with van der Waals surface area (Å²) in [6.45, 7) is 2.96. The molecule has 0 aromatic carbocycles. The van der Waals surface area contributed by atoms with Crippen molar-refractivity contribution in [1.82, 2.24) is 30.0 Å². The van der Waals surface area contributed by atoms with Crippen LogP contribution in [0.25, 0.3) is 0 Å². The predicted octanol–water partition coefficient (Wildman–Crippen LogP) is 0.878. The fourth-order valence-corrected chi connectivity index (χ4v) is 2.44. The maximum absolute atomic E-state index is 4.63. The first-order valence-electron chi connectivity index (χ1n) is 6.42. The Morgan fingerprint density at radius 2 is 2.39 bits per heavy atom. The van der Waals surface area contributed by atoms with Gasteiger partial charge in [-0.15, -0.1) is 0 Å². The van der Waals surface area contributed by atoms with Gasteiger partial charge in [0.2, 0.25) is 0 Å². The largest absolute Gasteiger partial charge is 0.347 e. The van der Waals surface area contributed by atoms with Crippen LogP contribution in [0.4, 0.5) is 0 Å². The Labute approximate surface area is 106 Å². The minimum Gasteiger partial charge on any atom is -0.347 e. The second-order valence-corrected chi connectivity index (χ2v) is 4.73. The van der Waals surface area contributed by atoms with E-state index in [4.69, 9.17) is 0 Å². The van der Waals surface area contributed by atoms with Crippen molar-refractivity contribution in [2.24, 2.45) is 7.05 Å². The molecule has 0 fully saturated rings. The normalized spacial score (nSPS) is 18.9. The highest BCUT2D eigenvalue weighted by molar-refractivity contribution is 5.18. The maximum Gasteiger partial charge on any atom is 0.151 e. The lowest BCUT2D eigenvalue weighted by molar-refractivity contribution is 0.450. The summed E-state index contributed by atoms with van der Waals surface area (Å²) >= 11 is 0. The standard InChI is InChI=1S/C12H18N6/c1-3-4-11-16-12(18(2)17-11)9-5-8-10(6-13-9)15-7-14-8/h7,9,13H,3-6H2,1-2H3,(H,14,15). The van der Waals surface area contributed by atoms with Crippen molar-refractivity contribution >= 4 is 0 Å². The fourth-order valence-electron chi connectivity index (χ4n) is 2.44. The molecule has 2 N–H and O–H groups in total. The molecule has 0 saturated heterocycles. The van der Waals surface area contributed by atoms with Crippen molar-refractivity contribution in [3.63, 3.8) is 0 Å². The third kappa shape index (κ3) is 1.92. The lowest BCUT2D eigenvalue weighted by Crippen LogP contribution is -2.30. The molecule has 1 aliphatic rings. The third-order valence-electron chi connectivity index (χ3n) is 3.36. The number of fused-ring (bicyclic) bond motifs is 1. The van der Waals surface area contributed by atoms with Gasteiger partial charge in [0.1, 0.15) is 5.82 Å². The van der Waals surface area contributed by atoms with E-state index in [-0.39, 0.29) is 6.04 Å². The molecule has 3 heterocycles. The van der Waals surface area contributed by atoms with E-state index < -0.39 is 0 Å². The van der Waals surface area contributed by atoms with E-state index in [9.17, 15) is 0 Å². The van der Waals surface area contributed by atoms with Crippen molar-refractivity contribution in [3.05, 3.63) is 29.4 Å². The fraction of sp³-hybridized carbons (Fsp3) is 0.583. The van der Waals surface area contributed by atoms with E-state index in [1.165, 1.54) is 5.69 Å². The Morgan fingerprint density at radius 1 is 1.50 bits per heavy atom. The van der Waals surface area contributed by atoms with Crippen LogP contribution in [0, 0.1) is 0 Å². The Kier molecular flexibility index (Phi) is 2.87. The number of rotatable bonds is 3. The van der Waals surface area contributed by atoms with Crippen LogP contribution in [-0.2, 0) is 26.4 Å². The molecule has 0 saturated carbocycles. The molecule has 6 heteroatoms. The molecule has 0 bridgehead atoms. The molecular formula is C12H18N6. The third-order valence-corrected chi connectivity index (χ3v) is 3.36. The van der Waals surface area contributed by atoms with Crippen molar-refractivity contribution in [1.29, 1.82) is 0 Å². The van der Waals surface area contributed by atoms with Gasteiger partial charge in [0, 0.05) is 26.4 Å². The first-order chi connectivity index (χ1) is 8.78. The summed E-state index contributed by atoms with van der Waals surface area (Å²) in [6.07, 6.45) is 4.64. The molecule has 2 aromatic rings. The van der Waals surface area contributed by atoms with Crippen LogP contribution in [0.2, 0.25) is 0 Å². The number of aromatic nitrogens is 5. The summed E-state index contributed by atoms with van der Waals surface area (Å²) < 4.78 is 1.89. The van der Waals surface area contributed by atoms with Crippen LogP contribution in [0.15, 0.2) is 6.33 Å². The average Bonchev–Trinajstić information content (AvgIpc) is 2.95. The van der Waals surface area contributed by atoms with Gasteiger partial charge in [0.15, 0.2) is 5.82 Å². The van der Waals surface area contributed by atoms with Crippen molar-refractivity contribution in [2.75, 3.05) is 0 Å². The summed E-state index contributed by atoms with van der Waals surface area (Å²) in [7, 11) is 1.96. The van der Waals surface area contributed by atoms with Crippen LogP contribution < -0.4 is 5.32 Å². The van der Waals surface area contributed by atoms with Crippen LogP contribution in [-0.4, -0.2) is 24.7 Å². The first kappa shape index (κ1) is 11.4. The zero-order chi connectivity index (χ0) is 12.5. The molecule has 2 aromatic heterocycles. The zero-order valence-corrected chi connectivity index (χ0v) is 10.8. The van der Waals surface area contributed by atoms with Gasteiger partial charge in [-0.25, -0.2) is 9.97 Å². The first-order valence-corrected chi connectivity index (χ1v) is 6.42. The monoisotopic (exact) mass is 246 g/mol. The quantitative estimate of drug-likeness (QED) is 0.843. The lowest BCUT2D eigenvalue weighted by Gasteiger charge is -2.21. The average molecular weight is 246 g/mol. The minimum atomic E-state index is 0.212.